The van der Waals surface area contributed by atoms with Crippen LogP contribution in [0.2, 0.25) is 0 Å². The number of rotatable bonds is 6. The lowest BCUT2D eigenvalue weighted by Crippen LogP contribution is -2.46. The fourth-order valence-corrected chi connectivity index (χ4v) is 4.54. The van der Waals surface area contributed by atoms with Crippen molar-refractivity contribution in [1.29, 1.82) is 0 Å². The average molecular weight is 491 g/mol. The molecule has 5 heterocycles. The molecule has 6 rings (SSSR count). The van der Waals surface area contributed by atoms with E-state index in [9.17, 15) is 8.78 Å². The lowest BCUT2D eigenvalue weighted by Gasteiger charge is -2.35. The largest absolute Gasteiger partial charge is 0.461 e. The van der Waals surface area contributed by atoms with Gasteiger partial charge in [0.05, 0.1) is 17.3 Å². The van der Waals surface area contributed by atoms with E-state index >= 15 is 0 Å². The number of benzene rings is 1. The number of piperazine rings is 1. The number of nitrogens with two attached hydrogens (primary N) is 1. The number of furan rings is 1. The minimum atomic E-state index is -0.558. The fraction of sp³-hybridized carbons (Fsp3) is 0.240. The van der Waals surface area contributed by atoms with Crippen molar-refractivity contribution in [2.45, 2.75) is 6.54 Å². The Balaban J connectivity index is 1.10. The van der Waals surface area contributed by atoms with Crippen molar-refractivity contribution in [2.24, 2.45) is 0 Å². The molecule has 0 unspecified atom stereocenters. The van der Waals surface area contributed by atoms with Gasteiger partial charge in [-0.15, -0.1) is 5.10 Å². The third-order valence-electron chi connectivity index (χ3n) is 6.42. The highest BCUT2D eigenvalue weighted by Crippen LogP contribution is 2.25. The second-order valence-corrected chi connectivity index (χ2v) is 8.68. The fourth-order valence-electron chi connectivity index (χ4n) is 4.54. The summed E-state index contributed by atoms with van der Waals surface area (Å²) >= 11 is 0. The van der Waals surface area contributed by atoms with Crippen LogP contribution in [0.15, 0.2) is 65.4 Å². The topological polar surface area (TPSA) is 93.6 Å². The lowest BCUT2D eigenvalue weighted by atomic mass is 10.2. The first kappa shape index (κ1) is 22.2. The van der Waals surface area contributed by atoms with Gasteiger partial charge in [0, 0.05) is 51.5 Å². The van der Waals surface area contributed by atoms with E-state index in [1.165, 1.54) is 16.6 Å². The molecular weight excluding hydrogens is 466 g/mol. The molecule has 1 fully saturated rings. The molecular formula is C25H24F2N8O. The average Bonchev–Trinajstić information content (AvgIpc) is 3.62. The van der Waals surface area contributed by atoms with Crippen molar-refractivity contribution in [2.75, 3.05) is 43.4 Å². The maximum Gasteiger partial charge on any atom is 0.225 e. The van der Waals surface area contributed by atoms with Gasteiger partial charge in [0.25, 0.3) is 0 Å². The van der Waals surface area contributed by atoms with Crippen molar-refractivity contribution in [3.63, 3.8) is 0 Å². The number of nitrogen functional groups attached to an aromatic ring is 1. The van der Waals surface area contributed by atoms with Crippen LogP contribution in [0.25, 0.3) is 28.3 Å². The quantitative estimate of drug-likeness (QED) is 0.364. The molecule has 0 radical (unpaired) electrons. The number of hydrogen-bond donors (Lipinski definition) is 1. The van der Waals surface area contributed by atoms with Gasteiger partial charge in [0.2, 0.25) is 11.8 Å². The predicted molar refractivity (Wildman–Crippen MR) is 133 cm³/mol. The molecule has 1 aliphatic rings. The highest BCUT2D eigenvalue weighted by molar-refractivity contribution is 5.91. The van der Waals surface area contributed by atoms with Crippen LogP contribution in [0.1, 0.15) is 0 Å². The van der Waals surface area contributed by atoms with Crippen LogP contribution in [0.4, 0.5) is 20.4 Å². The van der Waals surface area contributed by atoms with Gasteiger partial charge >= 0.3 is 0 Å². The maximum absolute atomic E-state index is 14.1. The van der Waals surface area contributed by atoms with Crippen molar-refractivity contribution >= 4 is 28.3 Å². The maximum atomic E-state index is 14.1. The van der Waals surface area contributed by atoms with Gasteiger partial charge in [-0.2, -0.15) is 9.50 Å². The lowest BCUT2D eigenvalue weighted by molar-refractivity contribution is 0.283. The summed E-state index contributed by atoms with van der Waals surface area (Å²) in [5, 5.41) is 5.28. The van der Waals surface area contributed by atoms with E-state index < -0.39 is 11.6 Å². The molecule has 9 nitrogen and oxygen atoms in total. The number of halogens is 2. The Morgan fingerprint density at radius 2 is 1.81 bits per heavy atom. The zero-order valence-corrected chi connectivity index (χ0v) is 19.4. The van der Waals surface area contributed by atoms with Gasteiger partial charge in [0.15, 0.2) is 11.4 Å². The molecule has 0 spiro atoms. The highest BCUT2D eigenvalue weighted by atomic mass is 19.1. The predicted octanol–water partition coefficient (Wildman–Crippen LogP) is 3.58. The first-order valence-electron chi connectivity index (χ1n) is 11.7. The zero-order valence-electron chi connectivity index (χ0n) is 19.4. The highest BCUT2D eigenvalue weighted by Gasteiger charge is 2.19. The van der Waals surface area contributed by atoms with Crippen molar-refractivity contribution in [3.05, 3.63) is 72.6 Å². The van der Waals surface area contributed by atoms with Crippen LogP contribution in [0.5, 0.6) is 0 Å². The molecule has 36 heavy (non-hydrogen) atoms. The number of fused-ring (bicyclic) bond motifs is 3. The summed E-state index contributed by atoms with van der Waals surface area (Å²) < 4.78 is 36.2. The Morgan fingerprint density at radius 3 is 2.58 bits per heavy atom. The van der Waals surface area contributed by atoms with E-state index in [4.69, 9.17) is 10.2 Å². The number of allylic oxidation sites excluding steroid dienone is 1. The van der Waals surface area contributed by atoms with Crippen LogP contribution in [0, 0.1) is 11.6 Å². The second-order valence-electron chi connectivity index (χ2n) is 8.68. The molecule has 4 aromatic heterocycles. The summed E-state index contributed by atoms with van der Waals surface area (Å²) in [6.07, 6.45) is 7.74. The molecule has 0 bridgehead atoms. The SMILES string of the molecule is Nc1nc2c(ccn2C/C=C\CN2CCN(c3ccc(F)cc3F)CC2)c2nc(-c3ccco3)nn12. The van der Waals surface area contributed by atoms with Crippen molar-refractivity contribution in [3.8, 4) is 11.6 Å². The number of anilines is 2. The summed E-state index contributed by atoms with van der Waals surface area (Å²) in [7, 11) is 0. The molecule has 0 amide bonds. The molecule has 1 saturated heterocycles. The van der Waals surface area contributed by atoms with E-state index in [1.54, 1.807) is 18.4 Å². The summed E-state index contributed by atoms with van der Waals surface area (Å²) in [6, 6.07) is 9.28. The third-order valence-corrected chi connectivity index (χ3v) is 6.42. The first-order valence-corrected chi connectivity index (χ1v) is 11.7. The van der Waals surface area contributed by atoms with Crippen LogP contribution in [-0.2, 0) is 6.54 Å². The number of aromatic nitrogens is 5. The summed E-state index contributed by atoms with van der Waals surface area (Å²) in [4.78, 5) is 13.4. The van der Waals surface area contributed by atoms with E-state index in [2.05, 4.69) is 32.1 Å². The molecule has 0 aliphatic carbocycles. The summed E-state index contributed by atoms with van der Waals surface area (Å²) in [6.45, 7) is 4.40. The van der Waals surface area contributed by atoms with Gasteiger partial charge in [-0.25, -0.2) is 13.8 Å². The standard InChI is InChI=1S/C25H24F2N8O/c26-17-5-6-20(19(27)16-17)33-13-11-32(12-14-33)8-1-2-9-34-10-7-18-23(34)30-25(28)35-24(18)29-22(31-35)21-4-3-15-36-21/h1-7,10,15-16H,8-9,11-14H2,(H2,28,30)/b2-1-. The molecule has 0 saturated carbocycles. The molecule has 0 atom stereocenters. The molecule has 184 valence electrons. The second kappa shape index (κ2) is 9.08. The monoisotopic (exact) mass is 490 g/mol. The van der Waals surface area contributed by atoms with Crippen molar-refractivity contribution in [1.82, 2.24) is 29.0 Å². The number of nitrogens with zero attached hydrogens (tertiary/aromatic N) is 7. The normalized spacial score (nSPS) is 15.1. The van der Waals surface area contributed by atoms with E-state index in [1.807, 2.05) is 21.7 Å². The molecule has 1 aliphatic heterocycles. The Kier molecular flexibility index (Phi) is 5.61. The van der Waals surface area contributed by atoms with Gasteiger partial charge in [-0.1, -0.05) is 12.2 Å². The van der Waals surface area contributed by atoms with Crippen LogP contribution in [0.3, 0.4) is 0 Å². The van der Waals surface area contributed by atoms with E-state index in [0.29, 0.717) is 42.6 Å². The molecule has 11 heteroatoms. The van der Waals surface area contributed by atoms with Crippen LogP contribution in [-0.4, -0.2) is 61.8 Å². The van der Waals surface area contributed by atoms with Gasteiger partial charge in [-0.3, -0.25) is 4.90 Å². The minimum absolute atomic E-state index is 0.252. The van der Waals surface area contributed by atoms with Crippen LogP contribution < -0.4 is 10.6 Å². The smallest absolute Gasteiger partial charge is 0.225 e. The van der Waals surface area contributed by atoms with Gasteiger partial charge < -0.3 is 19.6 Å². The first-order chi connectivity index (χ1) is 17.6. The summed E-state index contributed by atoms with van der Waals surface area (Å²) in [5.41, 5.74) is 7.99. The van der Waals surface area contributed by atoms with Crippen molar-refractivity contribution < 1.29 is 13.2 Å². The zero-order chi connectivity index (χ0) is 24.6. The molecule has 2 N–H and O–H groups in total. The molecule has 1 aromatic carbocycles. The van der Waals surface area contributed by atoms with Gasteiger partial charge in [0.1, 0.15) is 17.3 Å². The Morgan fingerprint density at radius 1 is 0.972 bits per heavy atom. The minimum Gasteiger partial charge on any atom is -0.461 e. The Labute approximate surface area is 205 Å². The van der Waals surface area contributed by atoms with Crippen LogP contribution >= 0.6 is 0 Å². The Bertz CT molecular complexity index is 1550. The summed E-state index contributed by atoms with van der Waals surface area (Å²) in [5.74, 6) is 0.199. The third kappa shape index (κ3) is 4.07. The van der Waals surface area contributed by atoms with E-state index in [0.717, 1.165) is 36.7 Å². The number of hydrogen-bond acceptors (Lipinski definition) is 7. The molecule has 5 aromatic rings. The van der Waals surface area contributed by atoms with Gasteiger partial charge in [-0.05, 0) is 30.3 Å². The Hall–Kier alpha value is -4.25. The van der Waals surface area contributed by atoms with E-state index in [-0.39, 0.29) is 5.95 Å².